The summed E-state index contributed by atoms with van der Waals surface area (Å²) in [6.07, 6.45) is 1.85. The van der Waals surface area contributed by atoms with Crippen molar-refractivity contribution < 1.29 is 19.1 Å². The van der Waals surface area contributed by atoms with Crippen LogP contribution in [0.5, 0.6) is 0 Å². The first-order valence-corrected chi connectivity index (χ1v) is 6.19. The largest absolute Gasteiger partial charge is 0.449 e. The highest BCUT2D eigenvalue weighted by Gasteiger charge is 2.16. The first-order chi connectivity index (χ1) is 9.43. The van der Waals surface area contributed by atoms with Gasteiger partial charge in [-0.05, 0) is 32.9 Å². The van der Waals surface area contributed by atoms with Gasteiger partial charge in [0, 0.05) is 17.3 Å². The number of carbonyl (C=O) groups excluding carboxylic acids is 3. The molecule has 0 aromatic heterocycles. The second-order valence-corrected chi connectivity index (χ2v) is 4.21. The quantitative estimate of drug-likeness (QED) is 0.508. The van der Waals surface area contributed by atoms with E-state index in [1.807, 2.05) is 0 Å². The number of Topliss-reactive ketones (excluding diaryl/α,β-unsaturated/α-hetero) is 1. The number of carbonyl (C=O) groups is 3. The van der Waals surface area contributed by atoms with Gasteiger partial charge in [-0.15, -0.1) is 0 Å². The zero-order valence-corrected chi connectivity index (χ0v) is 11.7. The van der Waals surface area contributed by atoms with Gasteiger partial charge in [0.1, 0.15) is 0 Å². The normalized spacial score (nSPS) is 11.9. The molecule has 0 aliphatic rings. The molecular weight excluding hydrogens is 258 g/mol. The topological polar surface area (TPSA) is 72.5 Å². The first kappa shape index (κ1) is 15.6. The Morgan fingerprint density at radius 3 is 2.60 bits per heavy atom. The summed E-state index contributed by atoms with van der Waals surface area (Å²) in [6.45, 7) is 4.60. The fourth-order valence-corrected chi connectivity index (χ4v) is 1.46. The summed E-state index contributed by atoms with van der Waals surface area (Å²) in [5.74, 6) is -1.12. The van der Waals surface area contributed by atoms with Crippen molar-refractivity contribution in [3.05, 3.63) is 42.0 Å². The van der Waals surface area contributed by atoms with E-state index in [0.717, 1.165) is 0 Å². The monoisotopic (exact) mass is 275 g/mol. The summed E-state index contributed by atoms with van der Waals surface area (Å²) in [4.78, 5) is 34.3. The minimum atomic E-state index is -0.917. The maximum absolute atomic E-state index is 11.8. The van der Waals surface area contributed by atoms with Crippen molar-refractivity contribution in [2.24, 2.45) is 0 Å². The van der Waals surface area contributed by atoms with Gasteiger partial charge in [0.2, 0.25) is 0 Å². The van der Waals surface area contributed by atoms with Crippen LogP contribution in [0.1, 0.15) is 31.1 Å². The fraction of sp³-hybridized carbons (Fsp3) is 0.267. The molecular formula is C15H17NO4. The molecule has 1 amide bonds. The summed E-state index contributed by atoms with van der Waals surface area (Å²) < 4.78 is 4.90. The molecule has 1 N–H and O–H groups in total. The zero-order valence-electron chi connectivity index (χ0n) is 11.7. The van der Waals surface area contributed by atoms with E-state index in [-0.39, 0.29) is 5.78 Å². The van der Waals surface area contributed by atoms with Crippen LogP contribution in [-0.2, 0) is 14.3 Å². The Kier molecular flexibility index (Phi) is 5.65. The van der Waals surface area contributed by atoms with Crippen LogP contribution in [0.2, 0.25) is 0 Å². The van der Waals surface area contributed by atoms with Gasteiger partial charge in [0.15, 0.2) is 11.9 Å². The van der Waals surface area contributed by atoms with E-state index in [9.17, 15) is 14.4 Å². The summed E-state index contributed by atoms with van der Waals surface area (Å²) in [5, 5.41) is 2.59. The number of ketones is 1. The third-order valence-electron chi connectivity index (χ3n) is 2.50. The molecule has 1 aromatic rings. The molecule has 1 aromatic carbocycles. The Balaban J connectivity index is 2.68. The van der Waals surface area contributed by atoms with E-state index in [1.165, 1.54) is 26.0 Å². The Morgan fingerprint density at radius 2 is 2.00 bits per heavy atom. The molecule has 0 unspecified atom stereocenters. The Morgan fingerprint density at radius 1 is 1.30 bits per heavy atom. The van der Waals surface area contributed by atoms with E-state index >= 15 is 0 Å². The number of hydrogen-bond donors (Lipinski definition) is 1. The molecule has 1 rings (SSSR count). The molecule has 0 radical (unpaired) electrons. The smallest absolute Gasteiger partial charge is 0.331 e. The number of hydrogen-bond acceptors (Lipinski definition) is 4. The van der Waals surface area contributed by atoms with E-state index in [4.69, 9.17) is 4.74 Å². The summed E-state index contributed by atoms with van der Waals surface area (Å²) in [7, 11) is 0. The van der Waals surface area contributed by atoms with Crippen molar-refractivity contribution in [2.45, 2.75) is 26.9 Å². The molecule has 106 valence electrons. The number of ether oxygens (including phenoxy) is 1. The molecule has 0 bridgehead atoms. The molecule has 20 heavy (non-hydrogen) atoms. The third kappa shape index (κ3) is 4.68. The minimum absolute atomic E-state index is 0.0892. The Hall–Kier alpha value is -2.43. The average Bonchev–Trinajstić information content (AvgIpc) is 2.39. The number of benzene rings is 1. The van der Waals surface area contributed by atoms with Crippen molar-refractivity contribution >= 4 is 23.3 Å². The predicted octanol–water partition coefficient (Wildman–Crippen LogP) is 2.34. The average molecular weight is 275 g/mol. The number of nitrogens with one attached hydrogen (secondary N) is 1. The van der Waals surface area contributed by atoms with Crippen molar-refractivity contribution in [1.29, 1.82) is 0 Å². The lowest BCUT2D eigenvalue weighted by Gasteiger charge is -2.12. The number of allylic oxidation sites excluding steroid dienone is 1. The molecule has 0 aliphatic carbocycles. The van der Waals surface area contributed by atoms with Crippen molar-refractivity contribution in [1.82, 2.24) is 0 Å². The number of amides is 1. The first-order valence-electron chi connectivity index (χ1n) is 6.19. The van der Waals surface area contributed by atoms with E-state index in [0.29, 0.717) is 11.3 Å². The van der Waals surface area contributed by atoms with Gasteiger partial charge >= 0.3 is 5.97 Å². The molecule has 0 aliphatic heterocycles. The molecule has 0 heterocycles. The Bertz CT molecular complexity index is 549. The van der Waals surface area contributed by atoms with Crippen molar-refractivity contribution in [3.8, 4) is 0 Å². The van der Waals surface area contributed by atoms with Crippen LogP contribution in [0, 0.1) is 0 Å². The van der Waals surface area contributed by atoms with E-state index < -0.39 is 18.0 Å². The maximum atomic E-state index is 11.8. The highest BCUT2D eigenvalue weighted by atomic mass is 16.5. The molecule has 0 saturated carbocycles. The minimum Gasteiger partial charge on any atom is -0.449 e. The molecule has 0 saturated heterocycles. The Labute approximate surface area is 117 Å². The van der Waals surface area contributed by atoms with Crippen LogP contribution < -0.4 is 5.32 Å². The molecule has 5 nitrogen and oxygen atoms in total. The third-order valence-corrected chi connectivity index (χ3v) is 2.50. The van der Waals surface area contributed by atoms with Gasteiger partial charge in [-0.2, -0.15) is 0 Å². The van der Waals surface area contributed by atoms with E-state index in [1.54, 1.807) is 31.2 Å². The summed E-state index contributed by atoms with van der Waals surface area (Å²) in [6, 6.07) is 6.56. The number of esters is 1. The zero-order chi connectivity index (χ0) is 15.1. The summed E-state index contributed by atoms with van der Waals surface area (Å²) in [5.41, 5.74) is 0.984. The van der Waals surface area contributed by atoms with Gasteiger partial charge in [0.05, 0.1) is 0 Å². The van der Waals surface area contributed by atoms with Gasteiger partial charge in [-0.25, -0.2) is 4.79 Å². The number of rotatable bonds is 5. The SMILES string of the molecule is C/C=C/C(=O)O[C@@H](C)C(=O)Nc1cccc(C(C)=O)c1. The molecule has 0 spiro atoms. The van der Waals surface area contributed by atoms with E-state index in [2.05, 4.69) is 5.32 Å². The van der Waals surface area contributed by atoms with Crippen LogP contribution in [0.25, 0.3) is 0 Å². The van der Waals surface area contributed by atoms with Crippen molar-refractivity contribution in [2.75, 3.05) is 5.32 Å². The predicted molar refractivity (Wildman–Crippen MR) is 75.4 cm³/mol. The van der Waals surface area contributed by atoms with Crippen LogP contribution in [0.4, 0.5) is 5.69 Å². The highest BCUT2D eigenvalue weighted by molar-refractivity contribution is 5.98. The second-order valence-electron chi connectivity index (χ2n) is 4.21. The maximum Gasteiger partial charge on any atom is 0.331 e. The van der Waals surface area contributed by atoms with Crippen LogP contribution in [-0.4, -0.2) is 23.8 Å². The van der Waals surface area contributed by atoms with Crippen LogP contribution in [0.15, 0.2) is 36.4 Å². The highest BCUT2D eigenvalue weighted by Crippen LogP contribution is 2.12. The molecule has 0 fully saturated rings. The van der Waals surface area contributed by atoms with Crippen LogP contribution >= 0.6 is 0 Å². The van der Waals surface area contributed by atoms with Gasteiger partial charge in [-0.3, -0.25) is 9.59 Å². The fourth-order valence-electron chi connectivity index (χ4n) is 1.46. The number of anilines is 1. The van der Waals surface area contributed by atoms with Gasteiger partial charge < -0.3 is 10.1 Å². The molecule has 1 atom stereocenters. The van der Waals surface area contributed by atoms with Crippen LogP contribution in [0.3, 0.4) is 0 Å². The standard InChI is InChI=1S/C15H17NO4/c1-4-6-14(18)20-11(3)15(19)16-13-8-5-7-12(9-13)10(2)17/h4-9,11H,1-3H3,(H,16,19)/b6-4+/t11-/m0/s1. The van der Waals surface area contributed by atoms with Gasteiger partial charge in [-0.1, -0.05) is 18.2 Å². The van der Waals surface area contributed by atoms with Gasteiger partial charge in [0.25, 0.3) is 5.91 Å². The summed E-state index contributed by atoms with van der Waals surface area (Å²) >= 11 is 0. The van der Waals surface area contributed by atoms with Crippen molar-refractivity contribution in [3.63, 3.8) is 0 Å². The lowest BCUT2D eigenvalue weighted by molar-refractivity contribution is -0.148. The lowest BCUT2D eigenvalue weighted by atomic mass is 10.1. The second kappa shape index (κ2) is 7.23. The lowest BCUT2D eigenvalue weighted by Crippen LogP contribution is -2.29. The molecule has 5 heteroatoms.